The zero-order valence-corrected chi connectivity index (χ0v) is 12.0. The fraction of sp³-hybridized carbons (Fsp3) is 0.929. The molecule has 18 heavy (non-hydrogen) atoms. The van der Waals surface area contributed by atoms with Crippen molar-refractivity contribution in [2.24, 2.45) is 5.92 Å². The summed E-state index contributed by atoms with van der Waals surface area (Å²) in [6, 6.07) is 0.577. The largest absolute Gasteiger partial charge is 0.324 e. The number of rotatable bonds is 5. The molecule has 1 N–H and O–H groups in total. The first-order valence-electron chi connectivity index (χ1n) is 7.38. The van der Waals surface area contributed by atoms with E-state index in [1.165, 1.54) is 19.4 Å². The minimum atomic E-state index is 0.261. The van der Waals surface area contributed by atoms with E-state index in [1.54, 1.807) is 0 Å². The normalized spacial score (nSPS) is 29.8. The number of hydrogen-bond acceptors (Lipinski definition) is 3. The first-order chi connectivity index (χ1) is 8.61. The lowest BCUT2D eigenvalue weighted by Gasteiger charge is -2.31. The van der Waals surface area contributed by atoms with Gasteiger partial charge >= 0.3 is 0 Å². The Morgan fingerprint density at radius 2 is 2.22 bits per heavy atom. The lowest BCUT2D eigenvalue weighted by atomic mass is 10.1. The highest BCUT2D eigenvalue weighted by Gasteiger charge is 2.34. The molecule has 1 amide bonds. The van der Waals surface area contributed by atoms with Crippen LogP contribution in [0.25, 0.3) is 0 Å². The summed E-state index contributed by atoms with van der Waals surface area (Å²) in [5, 5.41) is 3.35. The molecule has 0 aromatic rings. The highest BCUT2D eigenvalue weighted by Crippen LogP contribution is 2.21. The Bertz CT molecular complexity index is 293. The van der Waals surface area contributed by atoms with Gasteiger partial charge in [0.1, 0.15) is 0 Å². The van der Waals surface area contributed by atoms with Gasteiger partial charge in [-0.3, -0.25) is 15.0 Å². The number of likely N-dealkylation sites (tertiary alicyclic amines) is 1. The van der Waals surface area contributed by atoms with E-state index in [1.807, 2.05) is 0 Å². The second-order valence-electron chi connectivity index (χ2n) is 6.00. The first-order valence-corrected chi connectivity index (χ1v) is 7.38. The molecule has 0 aliphatic carbocycles. The van der Waals surface area contributed by atoms with E-state index in [9.17, 15) is 4.79 Å². The molecule has 2 unspecified atom stereocenters. The lowest BCUT2D eigenvalue weighted by Crippen LogP contribution is -2.46. The van der Waals surface area contributed by atoms with Crippen molar-refractivity contribution in [1.82, 2.24) is 15.1 Å². The SMILES string of the molecule is CCN1CCCC1CN1C(=O)CNC1CC(C)C. The quantitative estimate of drug-likeness (QED) is 0.801. The molecule has 0 spiro atoms. The maximum absolute atomic E-state index is 12.0. The number of nitrogens with zero attached hydrogens (tertiary/aromatic N) is 2. The van der Waals surface area contributed by atoms with Crippen LogP contribution >= 0.6 is 0 Å². The molecule has 2 saturated heterocycles. The highest BCUT2D eigenvalue weighted by atomic mass is 16.2. The molecule has 0 bridgehead atoms. The van der Waals surface area contributed by atoms with Crippen LogP contribution in [0.3, 0.4) is 0 Å². The Morgan fingerprint density at radius 3 is 2.89 bits per heavy atom. The van der Waals surface area contributed by atoms with Crippen molar-refractivity contribution in [2.75, 3.05) is 26.2 Å². The van der Waals surface area contributed by atoms with Gasteiger partial charge in [0.15, 0.2) is 0 Å². The molecule has 4 heteroatoms. The molecule has 2 heterocycles. The highest BCUT2D eigenvalue weighted by molar-refractivity contribution is 5.80. The molecule has 2 atom stereocenters. The predicted molar refractivity (Wildman–Crippen MR) is 73.2 cm³/mol. The summed E-state index contributed by atoms with van der Waals surface area (Å²) in [6.45, 7) is 10.4. The van der Waals surface area contributed by atoms with Crippen molar-refractivity contribution in [3.63, 3.8) is 0 Å². The number of nitrogens with one attached hydrogen (secondary N) is 1. The number of likely N-dealkylation sites (N-methyl/N-ethyl adjacent to an activating group) is 1. The number of hydrogen-bond donors (Lipinski definition) is 1. The Kier molecular flexibility index (Phi) is 4.62. The minimum absolute atomic E-state index is 0.261. The second-order valence-corrected chi connectivity index (χ2v) is 6.00. The minimum Gasteiger partial charge on any atom is -0.324 e. The molecule has 2 aliphatic rings. The maximum atomic E-state index is 12.0. The number of amides is 1. The summed E-state index contributed by atoms with van der Waals surface area (Å²) >= 11 is 0. The molecule has 2 aliphatic heterocycles. The van der Waals surface area contributed by atoms with Crippen LogP contribution in [-0.4, -0.2) is 54.1 Å². The van der Waals surface area contributed by atoms with E-state index in [-0.39, 0.29) is 12.1 Å². The van der Waals surface area contributed by atoms with Gasteiger partial charge in [-0.15, -0.1) is 0 Å². The van der Waals surface area contributed by atoms with Crippen molar-refractivity contribution in [3.05, 3.63) is 0 Å². The Hall–Kier alpha value is -0.610. The van der Waals surface area contributed by atoms with Crippen LogP contribution in [0.4, 0.5) is 0 Å². The van der Waals surface area contributed by atoms with Crippen molar-refractivity contribution < 1.29 is 4.79 Å². The van der Waals surface area contributed by atoms with Gasteiger partial charge in [-0.05, 0) is 38.3 Å². The molecule has 4 nitrogen and oxygen atoms in total. The zero-order valence-electron chi connectivity index (χ0n) is 12.0. The third kappa shape index (κ3) is 3.04. The van der Waals surface area contributed by atoms with Gasteiger partial charge in [0, 0.05) is 12.6 Å². The van der Waals surface area contributed by atoms with Crippen molar-refractivity contribution in [1.29, 1.82) is 0 Å². The fourth-order valence-corrected chi connectivity index (χ4v) is 3.22. The van der Waals surface area contributed by atoms with Crippen molar-refractivity contribution in [3.8, 4) is 0 Å². The Morgan fingerprint density at radius 1 is 1.44 bits per heavy atom. The van der Waals surface area contributed by atoms with Crippen LogP contribution < -0.4 is 5.32 Å². The molecule has 2 fully saturated rings. The predicted octanol–water partition coefficient (Wildman–Crippen LogP) is 1.27. The van der Waals surface area contributed by atoms with Gasteiger partial charge in [-0.1, -0.05) is 20.8 Å². The topological polar surface area (TPSA) is 35.6 Å². The average molecular weight is 253 g/mol. The third-order valence-corrected chi connectivity index (χ3v) is 4.19. The monoisotopic (exact) mass is 253 g/mol. The molecular formula is C14H27N3O. The second kappa shape index (κ2) is 6.02. The fourth-order valence-electron chi connectivity index (χ4n) is 3.22. The van der Waals surface area contributed by atoms with E-state index >= 15 is 0 Å². The van der Waals surface area contributed by atoms with Crippen molar-refractivity contribution >= 4 is 5.91 Å². The first kappa shape index (κ1) is 13.8. The summed E-state index contributed by atoms with van der Waals surface area (Å²) in [6.07, 6.45) is 3.84. The summed E-state index contributed by atoms with van der Waals surface area (Å²) < 4.78 is 0. The summed E-state index contributed by atoms with van der Waals surface area (Å²) in [5.74, 6) is 0.908. The van der Waals surface area contributed by atoms with Gasteiger partial charge < -0.3 is 4.90 Å². The molecule has 0 saturated carbocycles. The van der Waals surface area contributed by atoms with Crippen LogP contribution in [0.15, 0.2) is 0 Å². The van der Waals surface area contributed by atoms with Gasteiger partial charge in [0.25, 0.3) is 0 Å². The molecule has 0 aromatic heterocycles. The van der Waals surface area contributed by atoms with Crippen LogP contribution in [0.2, 0.25) is 0 Å². The van der Waals surface area contributed by atoms with E-state index in [0.717, 1.165) is 19.5 Å². The molecule has 0 aromatic carbocycles. The number of carbonyl (C=O) groups excluding carboxylic acids is 1. The zero-order chi connectivity index (χ0) is 13.1. The molecule has 104 valence electrons. The average Bonchev–Trinajstić information content (AvgIpc) is 2.89. The van der Waals surface area contributed by atoms with Crippen LogP contribution in [0.5, 0.6) is 0 Å². The molecule has 0 radical (unpaired) electrons. The lowest BCUT2D eigenvalue weighted by molar-refractivity contribution is -0.128. The summed E-state index contributed by atoms with van der Waals surface area (Å²) in [4.78, 5) is 16.6. The number of carbonyl (C=O) groups is 1. The molecule has 2 rings (SSSR count). The third-order valence-electron chi connectivity index (χ3n) is 4.19. The summed E-state index contributed by atoms with van der Waals surface area (Å²) in [7, 11) is 0. The Balaban J connectivity index is 1.94. The van der Waals surface area contributed by atoms with E-state index < -0.39 is 0 Å². The van der Waals surface area contributed by atoms with E-state index in [4.69, 9.17) is 0 Å². The smallest absolute Gasteiger partial charge is 0.237 e. The van der Waals surface area contributed by atoms with E-state index in [2.05, 4.69) is 35.9 Å². The van der Waals surface area contributed by atoms with Crippen LogP contribution in [0, 0.1) is 5.92 Å². The van der Waals surface area contributed by atoms with Gasteiger partial charge in [-0.25, -0.2) is 0 Å². The van der Waals surface area contributed by atoms with Crippen molar-refractivity contribution in [2.45, 2.75) is 52.2 Å². The van der Waals surface area contributed by atoms with Gasteiger partial charge in [0.2, 0.25) is 5.91 Å². The van der Waals surface area contributed by atoms with Gasteiger partial charge in [-0.2, -0.15) is 0 Å². The maximum Gasteiger partial charge on any atom is 0.237 e. The van der Waals surface area contributed by atoms with E-state index in [0.29, 0.717) is 18.5 Å². The Labute approximate surface area is 111 Å². The molecular weight excluding hydrogens is 226 g/mol. The van der Waals surface area contributed by atoms with Gasteiger partial charge in [0.05, 0.1) is 12.7 Å². The van der Waals surface area contributed by atoms with Crippen LogP contribution in [-0.2, 0) is 4.79 Å². The summed E-state index contributed by atoms with van der Waals surface area (Å²) in [5.41, 5.74) is 0. The standard InChI is InChI=1S/C14H27N3O/c1-4-16-7-5-6-12(16)10-17-13(8-11(2)3)15-9-14(17)18/h11-13,15H,4-10H2,1-3H3. The van der Waals surface area contributed by atoms with Crippen LogP contribution in [0.1, 0.15) is 40.0 Å².